The van der Waals surface area contributed by atoms with E-state index in [1.807, 2.05) is 6.07 Å². The Morgan fingerprint density at radius 2 is 1.78 bits per heavy atom. The van der Waals surface area contributed by atoms with Gasteiger partial charge in [-0.2, -0.15) is 0 Å². The highest BCUT2D eigenvalue weighted by Crippen LogP contribution is 2.21. The minimum absolute atomic E-state index is 0.224. The second-order valence-electron chi connectivity index (χ2n) is 5.50. The van der Waals surface area contributed by atoms with Gasteiger partial charge >= 0.3 is 0 Å². The number of benzene rings is 1. The quantitative estimate of drug-likeness (QED) is 0.786. The molecular formula is C15H21BrN2O4S. The summed E-state index contributed by atoms with van der Waals surface area (Å²) in [5.74, 6) is -0.997. The van der Waals surface area contributed by atoms with E-state index >= 15 is 0 Å². The molecule has 1 N–H and O–H groups in total. The van der Waals surface area contributed by atoms with Crippen molar-refractivity contribution in [1.29, 1.82) is 0 Å². The van der Waals surface area contributed by atoms with Crippen molar-refractivity contribution in [2.75, 3.05) is 18.9 Å². The van der Waals surface area contributed by atoms with Crippen molar-refractivity contribution < 1.29 is 18.0 Å². The van der Waals surface area contributed by atoms with E-state index in [9.17, 15) is 18.0 Å². The molecule has 0 heterocycles. The molecule has 6 nitrogen and oxygen atoms in total. The molecule has 128 valence electrons. The molecule has 1 aromatic carbocycles. The standard InChI is InChI=1S/C15H21BrN2O4S/c1-10(2)23(21,22)11(3)15(20)18(4)9-14(19)17-13-8-6-5-7-12(13)16/h5-8,10-11H,9H2,1-4H3,(H,17,19). The number of likely N-dealkylation sites (N-methyl/N-ethyl adjacent to an activating group) is 1. The van der Waals surface area contributed by atoms with E-state index in [4.69, 9.17) is 0 Å². The van der Waals surface area contributed by atoms with Crippen LogP contribution in [0.3, 0.4) is 0 Å². The normalized spacial score (nSPS) is 12.8. The van der Waals surface area contributed by atoms with E-state index in [1.165, 1.54) is 27.8 Å². The average molecular weight is 405 g/mol. The number of carbonyl (C=O) groups excluding carboxylic acids is 2. The lowest BCUT2D eigenvalue weighted by molar-refractivity contribution is -0.132. The summed E-state index contributed by atoms with van der Waals surface area (Å²) in [5, 5.41) is 0.841. The van der Waals surface area contributed by atoms with Crippen molar-refractivity contribution in [2.45, 2.75) is 31.3 Å². The molecule has 0 radical (unpaired) electrons. The third-order valence-corrected chi connectivity index (χ3v) is 6.60. The van der Waals surface area contributed by atoms with Gasteiger partial charge in [-0.05, 0) is 48.8 Å². The molecule has 0 saturated carbocycles. The summed E-state index contributed by atoms with van der Waals surface area (Å²) in [6.45, 7) is 4.18. The Morgan fingerprint density at radius 3 is 2.30 bits per heavy atom. The molecule has 0 aliphatic rings. The van der Waals surface area contributed by atoms with Crippen molar-refractivity contribution in [1.82, 2.24) is 4.90 Å². The molecule has 1 unspecified atom stereocenters. The summed E-state index contributed by atoms with van der Waals surface area (Å²) in [5.41, 5.74) is 0.584. The fourth-order valence-corrected chi connectivity index (χ4v) is 3.57. The highest BCUT2D eigenvalue weighted by atomic mass is 79.9. The first-order chi connectivity index (χ1) is 10.6. The minimum Gasteiger partial charge on any atom is -0.335 e. The van der Waals surface area contributed by atoms with Gasteiger partial charge in [0, 0.05) is 11.5 Å². The van der Waals surface area contributed by atoms with Gasteiger partial charge in [-0.3, -0.25) is 9.59 Å². The maximum Gasteiger partial charge on any atom is 0.244 e. The topological polar surface area (TPSA) is 83.6 Å². The van der Waals surface area contributed by atoms with Crippen molar-refractivity contribution in [2.24, 2.45) is 0 Å². The Labute approximate surface area is 145 Å². The Bertz CT molecular complexity index is 688. The highest BCUT2D eigenvalue weighted by molar-refractivity contribution is 9.10. The smallest absolute Gasteiger partial charge is 0.244 e. The minimum atomic E-state index is -3.55. The van der Waals surface area contributed by atoms with Gasteiger partial charge in [0.2, 0.25) is 11.8 Å². The maximum absolute atomic E-state index is 12.2. The second kappa shape index (κ2) is 7.92. The number of anilines is 1. The molecule has 0 aliphatic heterocycles. The molecule has 8 heteroatoms. The fraction of sp³-hybridized carbons (Fsp3) is 0.467. The van der Waals surface area contributed by atoms with Gasteiger partial charge in [0.05, 0.1) is 17.5 Å². The van der Waals surface area contributed by atoms with Gasteiger partial charge in [0.25, 0.3) is 0 Å². The van der Waals surface area contributed by atoms with Crippen LogP contribution < -0.4 is 5.32 Å². The lowest BCUT2D eigenvalue weighted by Crippen LogP contribution is -2.44. The molecule has 0 saturated heterocycles. The molecule has 1 aromatic rings. The Hall–Kier alpha value is -1.41. The largest absolute Gasteiger partial charge is 0.335 e. The lowest BCUT2D eigenvalue weighted by atomic mass is 10.3. The van der Waals surface area contributed by atoms with Crippen molar-refractivity contribution >= 4 is 43.3 Å². The van der Waals surface area contributed by atoms with Crippen molar-refractivity contribution in [3.05, 3.63) is 28.7 Å². The Kier molecular flexibility index (Phi) is 6.76. The zero-order valence-electron chi connectivity index (χ0n) is 13.5. The fourth-order valence-electron chi connectivity index (χ4n) is 1.90. The summed E-state index contributed by atoms with van der Waals surface area (Å²) in [6, 6.07) is 7.08. The lowest BCUT2D eigenvalue weighted by Gasteiger charge is -2.22. The molecule has 2 amide bonds. The molecule has 0 fully saturated rings. The number of amides is 2. The number of para-hydroxylation sites is 1. The number of hydrogen-bond donors (Lipinski definition) is 1. The monoisotopic (exact) mass is 404 g/mol. The summed E-state index contributed by atoms with van der Waals surface area (Å²) in [4.78, 5) is 25.3. The summed E-state index contributed by atoms with van der Waals surface area (Å²) in [7, 11) is -2.14. The second-order valence-corrected chi connectivity index (χ2v) is 9.18. The number of halogens is 1. The Balaban J connectivity index is 2.72. The van der Waals surface area contributed by atoms with Gasteiger partial charge in [0.15, 0.2) is 9.84 Å². The van der Waals surface area contributed by atoms with Crippen molar-refractivity contribution in [3.63, 3.8) is 0 Å². The summed E-state index contributed by atoms with van der Waals surface area (Å²) < 4.78 is 24.8. The van der Waals surface area contributed by atoms with E-state index in [1.54, 1.807) is 18.2 Å². The molecule has 0 spiro atoms. The van der Waals surface area contributed by atoms with Gasteiger partial charge in [-0.1, -0.05) is 12.1 Å². The molecule has 23 heavy (non-hydrogen) atoms. The van der Waals surface area contributed by atoms with E-state index < -0.39 is 32.2 Å². The number of nitrogens with one attached hydrogen (secondary N) is 1. The van der Waals surface area contributed by atoms with Crippen LogP contribution in [0, 0.1) is 0 Å². The summed E-state index contributed by atoms with van der Waals surface area (Å²) >= 11 is 3.31. The van der Waals surface area contributed by atoms with Crippen LogP contribution in [0.25, 0.3) is 0 Å². The third-order valence-electron chi connectivity index (χ3n) is 3.40. The maximum atomic E-state index is 12.2. The van der Waals surface area contributed by atoms with Gasteiger partial charge < -0.3 is 10.2 Å². The van der Waals surface area contributed by atoms with Crippen LogP contribution in [0.15, 0.2) is 28.7 Å². The molecule has 1 atom stereocenters. The number of rotatable bonds is 6. The van der Waals surface area contributed by atoms with Crippen molar-refractivity contribution in [3.8, 4) is 0 Å². The molecular weight excluding hydrogens is 384 g/mol. The third kappa shape index (κ3) is 5.04. The van der Waals surface area contributed by atoms with Crippen LogP contribution in [0.5, 0.6) is 0 Å². The van der Waals surface area contributed by atoms with Gasteiger partial charge in [-0.25, -0.2) is 8.42 Å². The summed E-state index contributed by atoms with van der Waals surface area (Å²) in [6.07, 6.45) is 0. The van der Waals surface area contributed by atoms with E-state index in [2.05, 4.69) is 21.2 Å². The number of hydrogen-bond acceptors (Lipinski definition) is 4. The number of nitrogens with zero attached hydrogens (tertiary/aromatic N) is 1. The van der Waals surface area contributed by atoms with Crippen LogP contribution in [-0.2, 0) is 19.4 Å². The highest BCUT2D eigenvalue weighted by Gasteiger charge is 2.33. The zero-order chi connectivity index (χ0) is 17.8. The van der Waals surface area contributed by atoms with E-state index in [0.29, 0.717) is 5.69 Å². The van der Waals surface area contributed by atoms with Crippen LogP contribution in [0.1, 0.15) is 20.8 Å². The van der Waals surface area contributed by atoms with Crippen LogP contribution in [0.4, 0.5) is 5.69 Å². The molecule has 0 aliphatic carbocycles. The molecule has 0 bridgehead atoms. The number of sulfone groups is 1. The average Bonchev–Trinajstić information content (AvgIpc) is 2.47. The molecule has 0 aromatic heterocycles. The first-order valence-electron chi connectivity index (χ1n) is 7.09. The van der Waals surface area contributed by atoms with Crippen LogP contribution >= 0.6 is 15.9 Å². The van der Waals surface area contributed by atoms with Gasteiger partial charge in [0.1, 0.15) is 5.25 Å². The predicted octanol–water partition coefficient (Wildman–Crippen LogP) is 2.06. The zero-order valence-corrected chi connectivity index (χ0v) is 15.9. The van der Waals surface area contributed by atoms with E-state index in [0.717, 1.165) is 9.37 Å². The van der Waals surface area contributed by atoms with Crippen LogP contribution in [0.2, 0.25) is 0 Å². The van der Waals surface area contributed by atoms with Gasteiger partial charge in [-0.15, -0.1) is 0 Å². The molecule has 1 rings (SSSR count). The first-order valence-corrected chi connectivity index (χ1v) is 9.49. The van der Waals surface area contributed by atoms with E-state index in [-0.39, 0.29) is 6.54 Å². The Morgan fingerprint density at radius 1 is 1.22 bits per heavy atom. The SMILES string of the molecule is CC(C)S(=O)(=O)C(C)C(=O)N(C)CC(=O)Nc1ccccc1Br. The first kappa shape index (κ1) is 19.6. The van der Waals surface area contributed by atoms with Crippen LogP contribution in [-0.4, -0.2) is 49.2 Å². The predicted molar refractivity (Wildman–Crippen MR) is 93.9 cm³/mol. The number of carbonyl (C=O) groups is 2.